The molecule has 0 aromatic heterocycles. The van der Waals surface area contributed by atoms with Crippen molar-refractivity contribution in [3.05, 3.63) is 65.0 Å². The largest absolute Gasteiger partial charge is 0.443 e. The zero-order valence-corrected chi connectivity index (χ0v) is 14.7. The van der Waals surface area contributed by atoms with Crippen molar-refractivity contribution in [1.82, 2.24) is 0 Å². The number of rotatable bonds is 1. The monoisotopic (exact) mass is 341 g/mol. The van der Waals surface area contributed by atoms with Gasteiger partial charge < -0.3 is 4.74 Å². The van der Waals surface area contributed by atoms with Crippen molar-refractivity contribution in [3.63, 3.8) is 0 Å². The maximum absolute atomic E-state index is 13.3. The lowest BCUT2D eigenvalue weighted by Gasteiger charge is -2.24. The highest BCUT2D eigenvalue weighted by Crippen LogP contribution is 2.42. The molecule has 0 saturated carbocycles. The highest BCUT2D eigenvalue weighted by atomic mass is 19.1. The summed E-state index contributed by atoms with van der Waals surface area (Å²) in [5.41, 5.74) is 2.14. The molecule has 1 aliphatic heterocycles. The van der Waals surface area contributed by atoms with Gasteiger partial charge in [0.25, 0.3) is 0 Å². The first-order valence-corrected chi connectivity index (χ1v) is 8.10. The predicted octanol–water partition coefficient (Wildman–Crippen LogP) is 4.55. The minimum Gasteiger partial charge on any atom is -0.443 e. The molecule has 2 aromatic carbocycles. The highest BCUT2D eigenvalue weighted by molar-refractivity contribution is 6.20. The molecule has 0 aliphatic carbocycles. The maximum atomic E-state index is 13.3. The van der Waals surface area contributed by atoms with Crippen molar-refractivity contribution in [2.45, 2.75) is 39.2 Å². The van der Waals surface area contributed by atoms with Gasteiger partial charge in [0.05, 0.1) is 11.6 Å². The average molecular weight is 341 g/mol. The quantitative estimate of drug-likeness (QED) is 0.764. The van der Waals surface area contributed by atoms with Crippen LogP contribution in [0.2, 0.25) is 0 Å². The number of benzene rings is 2. The van der Waals surface area contributed by atoms with Gasteiger partial charge >= 0.3 is 6.09 Å². The van der Waals surface area contributed by atoms with Gasteiger partial charge in [0, 0.05) is 0 Å². The number of ether oxygens (including phenoxy) is 1. The summed E-state index contributed by atoms with van der Waals surface area (Å²) in [5, 5.41) is 0. The van der Waals surface area contributed by atoms with Crippen LogP contribution in [-0.4, -0.2) is 17.6 Å². The molecule has 130 valence electrons. The highest BCUT2D eigenvalue weighted by Gasteiger charge is 2.43. The number of hydrogen-bond donors (Lipinski definition) is 0. The molecule has 1 heterocycles. The Labute approximate surface area is 146 Å². The molecule has 1 atom stereocenters. The zero-order valence-electron chi connectivity index (χ0n) is 14.7. The summed E-state index contributed by atoms with van der Waals surface area (Å²) in [4.78, 5) is 26.7. The van der Waals surface area contributed by atoms with Crippen LogP contribution in [0.1, 0.15) is 43.4 Å². The fourth-order valence-corrected chi connectivity index (χ4v) is 2.96. The molecule has 0 radical (unpaired) electrons. The van der Waals surface area contributed by atoms with Gasteiger partial charge in [-0.3, -0.25) is 4.79 Å². The molecule has 2 amide bonds. The van der Waals surface area contributed by atoms with Crippen LogP contribution in [0, 0.1) is 12.7 Å². The van der Waals surface area contributed by atoms with Gasteiger partial charge in [-0.05, 0) is 57.0 Å². The van der Waals surface area contributed by atoms with Crippen molar-refractivity contribution in [1.29, 1.82) is 0 Å². The lowest BCUT2D eigenvalue weighted by molar-refractivity contribution is -0.118. The van der Waals surface area contributed by atoms with E-state index in [9.17, 15) is 14.0 Å². The number of nitrogens with zero attached hydrogens (tertiary/aromatic N) is 1. The summed E-state index contributed by atoms with van der Waals surface area (Å²) in [6, 6.07) is 11.2. The Kier molecular flexibility index (Phi) is 4.11. The first-order chi connectivity index (χ1) is 11.7. The number of anilines is 1. The molecule has 1 unspecified atom stereocenters. The van der Waals surface area contributed by atoms with E-state index in [1.807, 2.05) is 19.1 Å². The first-order valence-electron chi connectivity index (χ1n) is 8.10. The number of fused-ring (bicyclic) bond motifs is 1. The summed E-state index contributed by atoms with van der Waals surface area (Å²) in [6.07, 6.45) is -0.702. The third-order valence-corrected chi connectivity index (χ3v) is 3.98. The van der Waals surface area contributed by atoms with Crippen LogP contribution in [0.4, 0.5) is 14.9 Å². The molecule has 0 bridgehead atoms. The summed E-state index contributed by atoms with van der Waals surface area (Å²) in [6.45, 7) is 7.17. The van der Waals surface area contributed by atoms with Crippen molar-refractivity contribution in [2.75, 3.05) is 4.90 Å². The smallest absolute Gasteiger partial charge is 0.421 e. The van der Waals surface area contributed by atoms with E-state index in [4.69, 9.17) is 4.74 Å². The van der Waals surface area contributed by atoms with Gasteiger partial charge in [-0.2, -0.15) is 0 Å². The first kappa shape index (κ1) is 17.1. The van der Waals surface area contributed by atoms with Gasteiger partial charge in [0.2, 0.25) is 5.91 Å². The van der Waals surface area contributed by atoms with E-state index in [-0.39, 0.29) is 11.7 Å². The molecular formula is C20H20FNO3. The van der Waals surface area contributed by atoms with Crippen LogP contribution in [0.3, 0.4) is 0 Å². The normalized spacial score (nSPS) is 16.8. The molecule has 3 rings (SSSR count). The molecule has 1 aliphatic rings. The van der Waals surface area contributed by atoms with Gasteiger partial charge in [-0.25, -0.2) is 14.1 Å². The topological polar surface area (TPSA) is 46.6 Å². The van der Waals surface area contributed by atoms with Crippen LogP contribution >= 0.6 is 0 Å². The van der Waals surface area contributed by atoms with E-state index in [0.29, 0.717) is 11.3 Å². The number of amides is 2. The summed E-state index contributed by atoms with van der Waals surface area (Å²) in [7, 11) is 0. The van der Waals surface area contributed by atoms with Crippen molar-refractivity contribution < 1.29 is 18.7 Å². The Balaban J connectivity index is 2.08. The van der Waals surface area contributed by atoms with E-state index in [1.54, 1.807) is 39.0 Å². The number of carbonyl (C=O) groups excluding carboxylic acids is 2. The van der Waals surface area contributed by atoms with E-state index in [1.165, 1.54) is 12.1 Å². The Bertz CT molecular complexity index is 837. The van der Waals surface area contributed by atoms with Crippen molar-refractivity contribution in [2.24, 2.45) is 0 Å². The SMILES string of the molecule is Cc1ccc2c(c1)C(c1ccc(F)cc1)C(=O)N2C(=O)OC(C)(C)C. The van der Waals surface area contributed by atoms with E-state index >= 15 is 0 Å². The minimum atomic E-state index is -0.712. The lowest BCUT2D eigenvalue weighted by atomic mass is 9.92. The fourth-order valence-electron chi connectivity index (χ4n) is 2.96. The van der Waals surface area contributed by atoms with Gasteiger partial charge in [0.1, 0.15) is 11.4 Å². The van der Waals surface area contributed by atoms with Crippen LogP contribution < -0.4 is 4.90 Å². The second-order valence-corrected chi connectivity index (χ2v) is 7.20. The van der Waals surface area contributed by atoms with E-state index in [0.717, 1.165) is 16.0 Å². The second kappa shape index (κ2) is 5.99. The summed E-state index contributed by atoms with van der Waals surface area (Å²) < 4.78 is 18.6. The number of halogens is 1. The summed E-state index contributed by atoms with van der Waals surface area (Å²) >= 11 is 0. The van der Waals surface area contributed by atoms with Crippen LogP contribution in [0.15, 0.2) is 42.5 Å². The zero-order chi connectivity index (χ0) is 18.4. The van der Waals surface area contributed by atoms with Crippen LogP contribution in [0.25, 0.3) is 0 Å². The molecule has 0 fully saturated rings. The lowest BCUT2D eigenvalue weighted by Crippen LogP contribution is -2.39. The number of aryl methyl sites for hydroxylation is 1. The average Bonchev–Trinajstić information content (AvgIpc) is 2.78. The number of imide groups is 1. The van der Waals surface area contributed by atoms with Crippen molar-refractivity contribution in [3.8, 4) is 0 Å². The Morgan fingerprint density at radius 3 is 2.36 bits per heavy atom. The van der Waals surface area contributed by atoms with E-state index < -0.39 is 17.6 Å². The molecule has 5 heteroatoms. The molecule has 0 spiro atoms. The van der Waals surface area contributed by atoms with Crippen LogP contribution in [0.5, 0.6) is 0 Å². The molecule has 0 saturated heterocycles. The Hall–Kier alpha value is -2.69. The molecular weight excluding hydrogens is 321 g/mol. The third-order valence-electron chi connectivity index (χ3n) is 3.98. The van der Waals surface area contributed by atoms with Crippen molar-refractivity contribution >= 4 is 17.7 Å². The fraction of sp³-hybridized carbons (Fsp3) is 0.300. The molecule has 0 N–H and O–H groups in total. The standard InChI is InChI=1S/C20H20FNO3/c1-12-5-10-16-15(11-12)17(13-6-8-14(21)9-7-13)18(23)22(16)19(24)25-20(2,3)4/h5-11,17H,1-4H3. The molecule has 4 nitrogen and oxygen atoms in total. The van der Waals surface area contributed by atoms with Gasteiger partial charge in [-0.1, -0.05) is 29.8 Å². The Morgan fingerprint density at radius 1 is 1.12 bits per heavy atom. The Morgan fingerprint density at radius 2 is 1.76 bits per heavy atom. The molecule has 2 aromatic rings. The minimum absolute atomic E-state index is 0.373. The second-order valence-electron chi connectivity index (χ2n) is 7.20. The predicted molar refractivity (Wildman–Crippen MR) is 93.1 cm³/mol. The van der Waals surface area contributed by atoms with Crippen LogP contribution in [-0.2, 0) is 9.53 Å². The number of hydrogen-bond acceptors (Lipinski definition) is 3. The van der Waals surface area contributed by atoms with Gasteiger partial charge in [-0.15, -0.1) is 0 Å². The molecule has 25 heavy (non-hydrogen) atoms. The summed E-state index contributed by atoms with van der Waals surface area (Å²) in [5.74, 6) is -1.41. The van der Waals surface area contributed by atoms with Gasteiger partial charge in [0.15, 0.2) is 0 Å². The maximum Gasteiger partial charge on any atom is 0.421 e. The number of carbonyl (C=O) groups is 2. The third kappa shape index (κ3) is 3.27. The van der Waals surface area contributed by atoms with E-state index in [2.05, 4.69) is 0 Å².